The third-order valence-corrected chi connectivity index (χ3v) is 3.22. The number of rotatable bonds is 4. The summed E-state index contributed by atoms with van der Waals surface area (Å²) in [7, 11) is 0. The van der Waals surface area contributed by atoms with Gasteiger partial charge in [-0.25, -0.2) is 0 Å². The summed E-state index contributed by atoms with van der Waals surface area (Å²) in [6.07, 6.45) is 1.44. The van der Waals surface area contributed by atoms with Crippen molar-refractivity contribution in [3.63, 3.8) is 0 Å². The minimum atomic E-state index is -0.477. The number of nitro groups is 1. The molecule has 0 spiro atoms. The lowest BCUT2D eigenvalue weighted by Gasteiger charge is -2.11. The van der Waals surface area contributed by atoms with Crippen LogP contribution in [0.25, 0.3) is 0 Å². The predicted octanol–water partition coefficient (Wildman–Crippen LogP) is 1.15. The number of nitrogens with zero attached hydrogens (tertiary/aromatic N) is 1. The molecule has 0 bridgehead atoms. The lowest BCUT2D eigenvalue weighted by Crippen LogP contribution is -2.22. The first-order valence-corrected chi connectivity index (χ1v) is 5.22. The van der Waals surface area contributed by atoms with Gasteiger partial charge in [0, 0.05) is 24.3 Å². The predicted molar refractivity (Wildman–Crippen MR) is 58.8 cm³/mol. The minimum absolute atomic E-state index is 0.0666. The summed E-state index contributed by atoms with van der Waals surface area (Å²) in [6.45, 7) is 0.110. The molecule has 0 saturated heterocycles. The van der Waals surface area contributed by atoms with Crippen LogP contribution in [0, 0.1) is 16.0 Å². The first-order chi connectivity index (χ1) is 7.58. The first kappa shape index (κ1) is 11.0. The molecule has 5 heteroatoms. The third kappa shape index (κ3) is 1.79. The van der Waals surface area contributed by atoms with Crippen molar-refractivity contribution < 1.29 is 10.0 Å². The largest absolute Gasteiger partial charge is 0.396 e. The van der Waals surface area contributed by atoms with E-state index in [9.17, 15) is 10.1 Å². The number of aliphatic hydroxyl groups is 1. The van der Waals surface area contributed by atoms with Crippen molar-refractivity contribution in [1.29, 1.82) is 0 Å². The molecule has 1 aliphatic carbocycles. The molecule has 2 rings (SSSR count). The van der Waals surface area contributed by atoms with Crippen LogP contribution in [0.5, 0.6) is 0 Å². The fourth-order valence-electron chi connectivity index (χ4n) is 2.13. The zero-order chi connectivity index (χ0) is 11.8. The van der Waals surface area contributed by atoms with E-state index < -0.39 is 10.5 Å². The van der Waals surface area contributed by atoms with Crippen LogP contribution in [0.4, 0.5) is 5.69 Å². The van der Waals surface area contributed by atoms with Gasteiger partial charge in [0.25, 0.3) is 5.69 Å². The van der Waals surface area contributed by atoms with Crippen molar-refractivity contribution in [2.75, 3.05) is 6.61 Å². The van der Waals surface area contributed by atoms with Crippen molar-refractivity contribution in [3.05, 3.63) is 39.9 Å². The Morgan fingerprint density at radius 3 is 3.00 bits per heavy atom. The van der Waals surface area contributed by atoms with Crippen molar-refractivity contribution in [2.45, 2.75) is 18.4 Å². The average molecular weight is 222 g/mol. The van der Waals surface area contributed by atoms with E-state index in [1.165, 1.54) is 12.1 Å². The number of nitrogens with two attached hydrogens (primary N) is 1. The zero-order valence-electron chi connectivity index (χ0n) is 8.80. The van der Waals surface area contributed by atoms with Crippen LogP contribution < -0.4 is 5.73 Å². The number of hydrogen-bond acceptors (Lipinski definition) is 4. The van der Waals surface area contributed by atoms with E-state index in [4.69, 9.17) is 10.8 Å². The number of non-ortho nitro benzene ring substituents is 1. The van der Waals surface area contributed by atoms with E-state index in [0.29, 0.717) is 6.42 Å². The van der Waals surface area contributed by atoms with Gasteiger partial charge in [0.1, 0.15) is 0 Å². The molecule has 5 nitrogen and oxygen atoms in total. The Bertz CT molecular complexity index is 421. The number of hydrogen-bond donors (Lipinski definition) is 2. The zero-order valence-corrected chi connectivity index (χ0v) is 8.80. The Morgan fingerprint density at radius 2 is 2.38 bits per heavy atom. The molecular weight excluding hydrogens is 208 g/mol. The standard InChI is InChI=1S/C11H14N2O3/c12-11(7-9(11)4-5-14)8-2-1-3-10(6-8)13(15)16/h1-3,6,9,14H,4-5,7,12H2. The highest BCUT2D eigenvalue weighted by molar-refractivity contribution is 5.41. The number of aliphatic hydroxyl groups excluding tert-OH is 1. The van der Waals surface area contributed by atoms with Crippen LogP contribution in [-0.2, 0) is 5.54 Å². The number of nitro benzene ring substituents is 1. The van der Waals surface area contributed by atoms with Gasteiger partial charge in [-0.1, -0.05) is 12.1 Å². The van der Waals surface area contributed by atoms with E-state index >= 15 is 0 Å². The fraction of sp³-hybridized carbons (Fsp3) is 0.455. The van der Waals surface area contributed by atoms with Crippen LogP contribution in [0.2, 0.25) is 0 Å². The third-order valence-electron chi connectivity index (χ3n) is 3.22. The molecule has 0 amide bonds. The van der Waals surface area contributed by atoms with Crippen molar-refractivity contribution >= 4 is 5.69 Å². The van der Waals surface area contributed by atoms with Crippen LogP contribution in [0.1, 0.15) is 18.4 Å². The summed E-state index contributed by atoms with van der Waals surface area (Å²) in [5, 5.41) is 19.5. The maximum atomic E-state index is 10.6. The quantitative estimate of drug-likeness (QED) is 0.590. The van der Waals surface area contributed by atoms with Crippen LogP contribution in [-0.4, -0.2) is 16.6 Å². The van der Waals surface area contributed by atoms with E-state index in [1.54, 1.807) is 6.07 Å². The molecule has 2 atom stereocenters. The van der Waals surface area contributed by atoms with Gasteiger partial charge in [0.15, 0.2) is 0 Å². The SMILES string of the molecule is NC1(c2cccc([N+](=O)[O-])c2)CC1CCO. The summed E-state index contributed by atoms with van der Waals surface area (Å²) in [5.41, 5.74) is 6.51. The summed E-state index contributed by atoms with van der Waals surface area (Å²) in [6, 6.07) is 6.44. The molecule has 1 saturated carbocycles. The van der Waals surface area contributed by atoms with E-state index in [2.05, 4.69) is 0 Å². The monoisotopic (exact) mass is 222 g/mol. The summed E-state index contributed by atoms with van der Waals surface area (Å²) < 4.78 is 0. The van der Waals surface area contributed by atoms with Crippen molar-refractivity contribution in [3.8, 4) is 0 Å². The fourth-order valence-corrected chi connectivity index (χ4v) is 2.13. The minimum Gasteiger partial charge on any atom is -0.396 e. The van der Waals surface area contributed by atoms with Gasteiger partial charge in [-0.3, -0.25) is 10.1 Å². The van der Waals surface area contributed by atoms with Gasteiger partial charge in [-0.2, -0.15) is 0 Å². The normalized spacial score (nSPS) is 27.8. The summed E-state index contributed by atoms with van der Waals surface area (Å²) in [5.74, 6) is 0.236. The molecule has 2 unspecified atom stereocenters. The Hall–Kier alpha value is -1.46. The van der Waals surface area contributed by atoms with Gasteiger partial charge < -0.3 is 10.8 Å². The maximum absolute atomic E-state index is 10.6. The van der Waals surface area contributed by atoms with Crippen LogP contribution in [0.15, 0.2) is 24.3 Å². The molecule has 3 N–H and O–H groups in total. The van der Waals surface area contributed by atoms with Crippen molar-refractivity contribution in [1.82, 2.24) is 0 Å². The molecule has 1 fully saturated rings. The smallest absolute Gasteiger partial charge is 0.269 e. The molecule has 0 radical (unpaired) electrons. The molecule has 86 valence electrons. The van der Waals surface area contributed by atoms with E-state index in [-0.39, 0.29) is 18.2 Å². The van der Waals surface area contributed by atoms with E-state index in [0.717, 1.165) is 12.0 Å². The molecule has 1 aromatic carbocycles. The second kappa shape index (κ2) is 3.84. The van der Waals surface area contributed by atoms with Crippen LogP contribution >= 0.6 is 0 Å². The summed E-state index contributed by atoms with van der Waals surface area (Å²) in [4.78, 5) is 10.2. The number of benzene rings is 1. The second-order valence-electron chi connectivity index (χ2n) is 4.26. The van der Waals surface area contributed by atoms with Gasteiger partial charge in [0.2, 0.25) is 0 Å². The molecular formula is C11H14N2O3. The molecule has 16 heavy (non-hydrogen) atoms. The second-order valence-corrected chi connectivity index (χ2v) is 4.26. The highest BCUT2D eigenvalue weighted by atomic mass is 16.6. The average Bonchev–Trinajstić information content (AvgIpc) is 2.92. The summed E-state index contributed by atoms with van der Waals surface area (Å²) >= 11 is 0. The maximum Gasteiger partial charge on any atom is 0.269 e. The topological polar surface area (TPSA) is 89.4 Å². The van der Waals surface area contributed by atoms with Crippen molar-refractivity contribution in [2.24, 2.45) is 11.7 Å². The highest BCUT2D eigenvalue weighted by Gasteiger charge is 2.51. The van der Waals surface area contributed by atoms with Gasteiger partial charge >= 0.3 is 0 Å². The Morgan fingerprint density at radius 1 is 1.62 bits per heavy atom. The first-order valence-electron chi connectivity index (χ1n) is 5.22. The Labute approximate surface area is 93.0 Å². The molecule has 0 aromatic heterocycles. The molecule has 0 aliphatic heterocycles. The van der Waals surface area contributed by atoms with Gasteiger partial charge in [-0.05, 0) is 24.3 Å². The van der Waals surface area contributed by atoms with Gasteiger partial charge in [-0.15, -0.1) is 0 Å². The lowest BCUT2D eigenvalue weighted by molar-refractivity contribution is -0.384. The molecule has 1 aliphatic rings. The molecule has 1 aromatic rings. The molecule has 0 heterocycles. The Balaban J connectivity index is 2.22. The Kier molecular flexibility index (Phi) is 2.65. The van der Waals surface area contributed by atoms with E-state index in [1.807, 2.05) is 6.07 Å². The van der Waals surface area contributed by atoms with Gasteiger partial charge in [0.05, 0.1) is 4.92 Å². The lowest BCUT2D eigenvalue weighted by atomic mass is 10.0. The highest BCUT2D eigenvalue weighted by Crippen LogP contribution is 2.51. The van der Waals surface area contributed by atoms with Crippen LogP contribution in [0.3, 0.4) is 0 Å².